The molecular formula is C14H8F3NO3. The number of rotatable bonds is 4. The third-order valence-corrected chi connectivity index (χ3v) is 2.79. The zero-order chi connectivity index (χ0) is 15.6. The monoisotopic (exact) mass is 295 g/mol. The molecule has 0 aliphatic rings. The zero-order valence-corrected chi connectivity index (χ0v) is 10.5. The second-order valence-electron chi connectivity index (χ2n) is 4.27. The molecule has 0 N–H and O–H groups in total. The molecule has 2 rings (SSSR count). The van der Waals surface area contributed by atoms with E-state index in [1.165, 1.54) is 18.2 Å². The first kappa shape index (κ1) is 14.7. The van der Waals surface area contributed by atoms with Crippen molar-refractivity contribution < 1.29 is 22.9 Å². The van der Waals surface area contributed by atoms with Gasteiger partial charge in [0.05, 0.1) is 16.6 Å². The highest BCUT2D eigenvalue weighted by Crippen LogP contribution is 2.24. The number of nitrogens with zero attached hydrogens (tertiary/aromatic N) is 1. The molecule has 0 bridgehead atoms. The lowest BCUT2D eigenvalue weighted by molar-refractivity contribution is -0.385. The summed E-state index contributed by atoms with van der Waals surface area (Å²) >= 11 is 0. The Morgan fingerprint density at radius 1 is 1.10 bits per heavy atom. The Morgan fingerprint density at radius 2 is 1.76 bits per heavy atom. The number of halogens is 3. The predicted molar refractivity (Wildman–Crippen MR) is 67.4 cm³/mol. The minimum atomic E-state index is -1.41. The Bertz CT molecular complexity index is 731. The van der Waals surface area contributed by atoms with Crippen LogP contribution in [-0.2, 0) is 6.42 Å². The first-order chi connectivity index (χ1) is 9.88. The summed E-state index contributed by atoms with van der Waals surface area (Å²) in [4.78, 5) is 21.8. The van der Waals surface area contributed by atoms with Crippen molar-refractivity contribution in [2.24, 2.45) is 0 Å². The number of hydrogen-bond acceptors (Lipinski definition) is 3. The molecule has 2 aromatic carbocycles. The van der Waals surface area contributed by atoms with Crippen molar-refractivity contribution >= 4 is 11.5 Å². The molecule has 21 heavy (non-hydrogen) atoms. The molecule has 0 heterocycles. The normalized spacial score (nSPS) is 10.4. The lowest BCUT2D eigenvalue weighted by atomic mass is 10.0. The molecule has 0 spiro atoms. The van der Waals surface area contributed by atoms with E-state index < -0.39 is 39.4 Å². The lowest BCUT2D eigenvalue weighted by Gasteiger charge is -2.04. The van der Waals surface area contributed by atoms with E-state index in [2.05, 4.69) is 0 Å². The Balaban J connectivity index is 2.39. The van der Waals surface area contributed by atoms with Crippen molar-refractivity contribution in [1.82, 2.24) is 0 Å². The smallest absolute Gasteiger partial charge is 0.283 e. The molecule has 0 aliphatic heterocycles. The number of hydrogen-bond donors (Lipinski definition) is 0. The molecular weight excluding hydrogens is 287 g/mol. The quantitative estimate of drug-likeness (QED) is 0.493. The van der Waals surface area contributed by atoms with Gasteiger partial charge in [0.25, 0.3) is 5.69 Å². The molecule has 7 heteroatoms. The van der Waals surface area contributed by atoms with Gasteiger partial charge in [0.1, 0.15) is 5.82 Å². The van der Waals surface area contributed by atoms with Gasteiger partial charge >= 0.3 is 0 Å². The van der Waals surface area contributed by atoms with Gasteiger partial charge in [-0.3, -0.25) is 14.9 Å². The minimum absolute atomic E-state index is 0.277. The third kappa shape index (κ3) is 3.25. The van der Waals surface area contributed by atoms with E-state index in [-0.39, 0.29) is 12.0 Å². The molecule has 0 aromatic heterocycles. The minimum Gasteiger partial charge on any atom is -0.294 e. The Morgan fingerprint density at radius 3 is 2.38 bits per heavy atom. The number of nitro groups is 1. The SMILES string of the molecule is O=C(Cc1cccc(F)c1)c1cc(F)c(F)cc1[N+](=O)[O-]. The highest BCUT2D eigenvalue weighted by molar-refractivity contribution is 6.01. The second-order valence-corrected chi connectivity index (χ2v) is 4.27. The maximum atomic E-state index is 13.2. The van der Waals surface area contributed by atoms with Crippen molar-refractivity contribution in [3.63, 3.8) is 0 Å². The van der Waals surface area contributed by atoms with Crippen molar-refractivity contribution in [1.29, 1.82) is 0 Å². The van der Waals surface area contributed by atoms with Crippen LogP contribution in [0.1, 0.15) is 15.9 Å². The van der Waals surface area contributed by atoms with Crippen LogP contribution in [0.5, 0.6) is 0 Å². The number of nitro benzene ring substituents is 1. The van der Waals surface area contributed by atoms with Crippen LogP contribution in [0.4, 0.5) is 18.9 Å². The largest absolute Gasteiger partial charge is 0.294 e. The van der Waals surface area contributed by atoms with E-state index in [4.69, 9.17) is 0 Å². The van der Waals surface area contributed by atoms with Gasteiger partial charge in [-0.05, 0) is 23.8 Å². The van der Waals surface area contributed by atoms with Crippen LogP contribution in [0.15, 0.2) is 36.4 Å². The Hall–Kier alpha value is -2.70. The maximum absolute atomic E-state index is 13.2. The first-order valence-corrected chi connectivity index (χ1v) is 5.79. The van der Waals surface area contributed by atoms with Gasteiger partial charge in [-0.1, -0.05) is 12.1 Å². The molecule has 0 saturated carbocycles. The van der Waals surface area contributed by atoms with Crippen molar-refractivity contribution in [3.05, 3.63) is 75.1 Å². The zero-order valence-electron chi connectivity index (χ0n) is 10.5. The highest BCUT2D eigenvalue weighted by atomic mass is 19.2. The van der Waals surface area contributed by atoms with Gasteiger partial charge in [0, 0.05) is 6.42 Å². The molecule has 108 valence electrons. The van der Waals surface area contributed by atoms with Gasteiger partial charge in [-0.2, -0.15) is 0 Å². The summed E-state index contributed by atoms with van der Waals surface area (Å²) in [6, 6.07) is 5.92. The fraction of sp³-hybridized carbons (Fsp3) is 0.0714. The van der Waals surface area contributed by atoms with E-state index in [0.717, 1.165) is 6.07 Å². The molecule has 0 unspecified atom stereocenters. The van der Waals surface area contributed by atoms with E-state index >= 15 is 0 Å². The maximum Gasteiger partial charge on any atom is 0.283 e. The van der Waals surface area contributed by atoms with Crippen LogP contribution in [0.3, 0.4) is 0 Å². The van der Waals surface area contributed by atoms with Gasteiger partial charge < -0.3 is 0 Å². The fourth-order valence-corrected chi connectivity index (χ4v) is 1.84. The molecule has 0 atom stereocenters. The summed E-state index contributed by atoms with van der Waals surface area (Å²) in [6.45, 7) is 0. The number of ketones is 1. The van der Waals surface area contributed by atoms with Gasteiger partial charge in [0.2, 0.25) is 0 Å². The van der Waals surface area contributed by atoms with E-state index in [0.29, 0.717) is 12.1 Å². The molecule has 0 amide bonds. The van der Waals surface area contributed by atoms with Crippen LogP contribution in [-0.4, -0.2) is 10.7 Å². The number of benzene rings is 2. The van der Waals surface area contributed by atoms with E-state index in [9.17, 15) is 28.1 Å². The molecule has 4 nitrogen and oxygen atoms in total. The average Bonchev–Trinajstić information content (AvgIpc) is 2.41. The van der Waals surface area contributed by atoms with Crippen molar-refractivity contribution in [3.8, 4) is 0 Å². The van der Waals surface area contributed by atoms with Crippen LogP contribution in [0.25, 0.3) is 0 Å². The van der Waals surface area contributed by atoms with Gasteiger partial charge in [-0.25, -0.2) is 13.2 Å². The van der Waals surface area contributed by atoms with E-state index in [1.807, 2.05) is 0 Å². The predicted octanol–water partition coefficient (Wildman–Crippen LogP) is 3.44. The summed E-state index contributed by atoms with van der Waals surface area (Å²) in [6.07, 6.45) is -0.357. The third-order valence-electron chi connectivity index (χ3n) is 2.79. The fourth-order valence-electron chi connectivity index (χ4n) is 1.84. The first-order valence-electron chi connectivity index (χ1n) is 5.79. The summed E-state index contributed by atoms with van der Waals surface area (Å²) in [5.74, 6) is -4.14. The average molecular weight is 295 g/mol. The lowest BCUT2D eigenvalue weighted by Crippen LogP contribution is -2.09. The Labute approximate surface area is 117 Å². The van der Waals surface area contributed by atoms with Crippen LogP contribution < -0.4 is 0 Å². The summed E-state index contributed by atoms with van der Waals surface area (Å²) in [5.41, 5.74) is -1.10. The molecule has 0 aliphatic carbocycles. The molecule has 0 radical (unpaired) electrons. The molecule has 2 aromatic rings. The van der Waals surface area contributed by atoms with Crippen LogP contribution in [0.2, 0.25) is 0 Å². The number of carbonyl (C=O) groups is 1. The number of carbonyl (C=O) groups excluding carboxylic acids is 1. The topological polar surface area (TPSA) is 60.2 Å². The Kier molecular flexibility index (Phi) is 4.02. The number of Topliss-reactive ketones (excluding diaryl/α,β-unsaturated/α-hetero) is 1. The molecule has 0 saturated heterocycles. The van der Waals surface area contributed by atoms with Crippen molar-refractivity contribution in [2.75, 3.05) is 0 Å². The second kappa shape index (κ2) is 5.74. The summed E-state index contributed by atoms with van der Waals surface area (Å²) in [7, 11) is 0. The standard InChI is InChI=1S/C14H8F3NO3/c15-9-3-1-2-8(4-9)5-14(19)10-6-11(16)12(17)7-13(10)18(20)21/h1-4,6-7H,5H2. The summed E-state index contributed by atoms with van der Waals surface area (Å²) < 4.78 is 39.2. The van der Waals surface area contributed by atoms with Gasteiger partial charge in [-0.15, -0.1) is 0 Å². The van der Waals surface area contributed by atoms with E-state index in [1.54, 1.807) is 0 Å². The van der Waals surface area contributed by atoms with Crippen molar-refractivity contribution in [2.45, 2.75) is 6.42 Å². The van der Waals surface area contributed by atoms with Crippen LogP contribution >= 0.6 is 0 Å². The molecule has 0 fully saturated rings. The highest BCUT2D eigenvalue weighted by Gasteiger charge is 2.23. The van der Waals surface area contributed by atoms with Crippen LogP contribution in [0, 0.1) is 27.6 Å². The summed E-state index contributed by atoms with van der Waals surface area (Å²) in [5, 5.41) is 10.8. The van der Waals surface area contributed by atoms with Gasteiger partial charge in [0.15, 0.2) is 17.4 Å².